The lowest BCUT2D eigenvalue weighted by Crippen LogP contribution is -2.26. The lowest BCUT2D eigenvalue weighted by Gasteiger charge is -2.11. The van der Waals surface area contributed by atoms with Crippen molar-refractivity contribution in [1.82, 2.24) is 0 Å². The fraction of sp³-hybridized carbons (Fsp3) is 0.364. The Labute approximate surface area is 83.3 Å². The van der Waals surface area contributed by atoms with Crippen molar-refractivity contribution >= 4 is 5.97 Å². The largest absolute Gasteiger partial charge is 0.479 e. The number of carboxylic acid groups (broad SMARTS) is 1. The Morgan fingerprint density at radius 1 is 1.43 bits per heavy atom. The predicted molar refractivity (Wildman–Crippen MR) is 53.2 cm³/mol. The molecule has 1 N–H and O–H groups in total. The Kier molecular flexibility index (Phi) is 4.13. The number of aliphatic carboxylic acids is 1. The number of ether oxygens (including phenoxy) is 1. The van der Waals surface area contributed by atoms with Crippen molar-refractivity contribution < 1.29 is 14.6 Å². The van der Waals surface area contributed by atoms with Crippen LogP contribution in [0.1, 0.15) is 12.5 Å². The van der Waals surface area contributed by atoms with E-state index in [1.807, 2.05) is 30.3 Å². The maximum absolute atomic E-state index is 10.8. The van der Waals surface area contributed by atoms with Gasteiger partial charge in [-0.2, -0.15) is 0 Å². The molecule has 0 aliphatic heterocycles. The second-order valence-electron chi connectivity index (χ2n) is 2.97. The maximum atomic E-state index is 10.8. The minimum atomic E-state index is -0.907. The molecule has 0 heterocycles. The van der Waals surface area contributed by atoms with Gasteiger partial charge < -0.3 is 9.84 Å². The molecular formula is C11H14O3. The van der Waals surface area contributed by atoms with Crippen LogP contribution in [0.3, 0.4) is 0 Å². The quantitative estimate of drug-likeness (QED) is 0.776. The smallest absolute Gasteiger partial charge is 0.333 e. The third-order valence-electron chi connectivity index (χ3n) is 1.91. The van der Waals surface area contributed by atoms with Gasteiger partial charge in [0.2, 0.25) is 0 Å². The summed E-state index contributed by atoms with van der Waals surface area (Å²) in [6.45, 7) is 2.21. The number of benzene rings is 1. The van der Waals surface area contributed by atoms with Crippen LogP contribution in [0, 0.1) is 0 Å². The standard InChI is InChI=1S/C11H14O3/c1-2-14-10(11(12)13)8-9-6-4-3-5-7-9/h3-7,10H,2,8H2,1H3,(H,12,13)/t10-/m1/s1. The van der Waals surface area contributed by atoms with Gasteiger partial charge in [-0.1, -0.05) is 30.3 Å². The van der Waals surface area contributed by atoms with Gasteiger partial charge >= 0.3 is 5.97 Å². The summed E-state index contributed by atoms with van der Waals surface area (Å²) in [5, 5.41) is 8.84. The number of carboxylic acids is 1. The Bertz CT molecular complexity index is 282. The molecule has 0 radical (unpaired) electrons. The molecule has 3 heteroatoms. The molecule has 0 aliphatic rings. The number of hydrogen-bond donors (Lipinski definition) is 1. The van der Waals surface area contributed by atoms with Gasteiger partial charge in [-0.05, 0) is 12.5 Å². The average Bonchev–Trinajstić information content (AvgIpc) is 2.18. The molecule has 1 aromatic carbocycles. The van der Waals surface area contributed by atoms with Crippen LogP contribution in [-0.4, -0.2) is 23.8 Å². The zero-order valence-electron chi connectivity index (χ0n) is 8.14. The Morgan fingerprint density at radius 2 is 2.07 bits per heavy atom. The molecule has 76 valence electrons. The molecule has 0 fully saturated rings. The number of carbonyl (C=O) groups is 1. The van der Waals surface area contributed by atoms with Crippen LogP contribution in [0.15, 0.2) is 30.3 Å². The second kappa shape index (κ2) is 5.40. The minimum Gasteiger partial charge on any atom is -0.479 e. The molecule has 0 saturated carbocycles. The third kappa shape index (κ3) is 3.18. The van der Waals surface area contributed by atoms with Gasteiger partial charge in [0.05, 0.1) is 0 Å². The zero-order chi connectivity index (χ0) is 10.4. The molecule has 0 saturated heterocycles. The summed E-state index contributed by atoms with van der Waals surface area (Å²) < 4.78 is 5.11. The molecular weight excluding hydrogens is 180 g/mol. The highest BCUT2D eigenvalue weighted by Gasteiger charge is 2.17. The van der Waals surface area contributed by atoms with Gasteiger partial charge in [-0.25, -0.2) is 4.79 Å². The SMILES string of the molecule is CCO[C@H](Cc1ccccc1)C(=O)O. The molecule has 0 aliphatic carbocycles. The summed E-state index contributed by atoms with van der Waals surface area (Å²) in [5.41, 5.74) is 0.980. The van der Waals surface area contributed by atoms with Crippen LogP contribution >= 0.6 is 0 Å². The monoisotopic (exact) mass is 194 g/mol. The second-order valence-corrected chi connectivity index (χ2v) is 2.97. The molecule has 1 rings (SSSR count). The normalized spacial score (nSPS) is 12.4. The van der Waals surface area contributed by atoms with E-state index in [1.54, 1.807) is 6.92 Å². The summed E-state index contributed by atoms with van der Waals surface area (Å²) in [4.78, 5) is 10.8. The number of rotatable bonds is 5. The predicted octanol–water partition coefficient (Wildman–Crippen LogP) is 1.72. The molecule has 1 atom stereocenters. The van der Waals surface area contributed by atoms with Crippen molar-refractivity contribution in [2.45, 2.75) is 19.4 Å². The van der Waals surface area contributed by atoms with Crippen LogP contribution < -0.4 is 0 Å². The molecule has 1 aromatic rings. The van der Waals surface area contributed by atoms with Gasteiger partial charge in [0.25, 0.3) is 0 Å². The van der Waals surface area contributed by atoms with Crippen molar-refractivity contribution in [3.63, 3.8) is 0 Å². The summed E-state index contributed by atoms with van der Waals surface area (Å²) in [6, 6.07) is 9.48. The molecule has 0 spiro atoms. The van der Waals surface area contributed by atoms with Crippen LogP contribution in [0.25, 0.3) is 0 Å². The van der Waals surface area contributed by atoms with Crippen LogP contribution in [0.5, 0.6) is 0 Å². The van der Waals surface area contributed by atoms with E-state index in [0.29, 0.717) is 13.0 Å². The summed E-state index contributed by atoms with van der Waals surface area (Å²) in [5.74, 6) is -0.907. The highest BCUT2D eigenvalue weighted by atomic mass is 16.5. The van der Waals surface area contributed by atoms with E-state index in [1.165, 1.54) is 0 Å². The van der Waals surface area contributed by atoms with Crippen molar-refractivity contribution in [2.24, 2.45) is 0 Å². The van der Waals surface area contributed by atoms with Crippen molar-refractivity contribution in [3.8, 4) is 0 Å². The first kappa shape index (κ1) is 10.7. The number of hydrogen-bond acceptors (Lipinski definition) is 2. The summed E-state index contributed by atoms with van der Waals surface area (Å²) in [7, 11) is 0. The molecule has 14 heavy (non-hydrogen) atoms. The highest BCUT2D eigenvalue weighted by Crippen LogP contribution is 2.06. The van der Waals surface area contributed by atoms with E-state index >= 15 is 0 Å². The lowest BCUT2D eigenvalue weighted by atomic mass is 10.1. The van der Waals surface area contributed by atoms with Crippen molar-refractivity contribution in [2.75, 3.05) is 6.61 Å². The Balaban J connectivity index is 2.60. The van der Waals surface area contributed by atoms with Gasteiger partial charge in [0.1, 0.15) is 0 Å². The van der Waals surface area contributed by atoms with E-state index in [-0.39, 0.29) is 0 Å². The van der Waals surface area contributed by atoms with Gasteiger partial charge in [-0.15, -0.1) is 0 Å². The summed E-state index contributed by atoms with van der Waals surface area (Å²) >= 11 is 0. The van der Waals surface area contributed by atoms with E-state index in [0.717, 1.165) is 5.56 Å². The molecule has 0 unspecified atom stereocenters. The third-order valence-corrected chi connectivity index (χ3v) is 1.91. The molecule has 0 amide bonds. The van der Waals surface area contributed by atoms with Crippen LogP contribution in [0.2, 0.25) is 0 Å². The van der Waals surface area contributed by atoms with Crippen molar-refractivity contribution in [3.05, 3.63) is 35.9 Å². The van der Waals surface area contributed by atoms with Gasteiger partial charge in [0, 0.05) is 13.0 Å². The minimum absolute atomic E-state index is 0.420. The first-order valence-corrected chi connectivity index (χ1v) is 4.62. The first-order chi connectivity index (χ1) is 6.74. The zero-order valence-corrected chi connectivity index (χ0v) is 8.14. The fourth-order valence-corrected chi connectivity index (χ4v) is 1.25. The van der Waals surface area contributed by atoms with Crippen LogP contribution in [-0.2, 0) is 16.0 Å². The molecule has 0 aromatic heterocycles. The van der Waals surface area contributed by atoms with Crippen molar-refractivity contribution in [1.29, 1.82) is 0 Å². The van der Waals surface area contributed by atoms with E-state index < -0.39 is 12.1 Å². The lowest BCUT2D eigenvalue weighted by molar-refractivity contribution is -0.149. The van der Waals surface area contributed by atoms with Gasteiger partial charge in [0.15, 0.2) is 6.10 Å². The molecule has 0 bridgehead atoms. The van der Waals surface area contributed by atoms with E-state index in [9.17, 15) is 4.79 Å². The molecule has 3 nitrogen and oxygen atoms in total. The first-order valence-electron chi connectivity index (χ1n) is 4.62. The fourth-order valence-electron chi connectivity index (χ4n) is 1.25. The average molecular weight is 194 g/mol. The maximum Gasteiger partial charge on any atom is 0.333 e. The van der Waals surface area contributed by atoms with Crippen LogP contribution in [0.4, 0.5) is 0 Å². The summed E-state index contributed by atoms with van der Waals surface area (Å²) in [6.07, 6.45) is -0.313. The Morgan fingerprint density at radius 3 is 2.57 bits per heavy atom. The van der Waals surface area contributed by atoms with Gasteiger partial charge in [-0.3, -0.25) is 0 Å². The topological polar surface area (TPSA) is 46.5 Å². The van der Waals surface area contributed by atoms with E-state index in [2.05, 4.69) is 0 Å². The van der Waals surface area contributed by atoms with E-state index in [4.69, 9.17) is 9.84 Å². The highest BCUT2D eigenvalue weighted by molar-refractivity contribution is 5.72. The Hall–Kier alpha value is -1.35.